The molecule has 0 unspecified atom stereocenters. The molecule has 0 aliphatic heterocycles. The Morgan fingerprint density at radius 1 is 1.50 bits per heavy atom. The number of hydrogen-bond donors (Lipinski definition) is 2. The number of nitrogens with zero attached hydrogens (tertiary/aromatic N) is 1. The van der Waals surface area contributed by atoms with Crippen LogP contribution in [0.15, 0.2) is 22.8 Å². The van der Waals surface area contributed by atoms with Gasteiger partial charge >= 0.3 is 0 Å². The number of aryl methyl sites for hydroxylation is 2. The maximum atomic E-state index is 11.9. The second-order valence-electron chi connectivity index (χ2n) is 4.55. The molecule has 2 heterocycles. The van der Waals surface area contributed by atoms with Crippen molar-refractivity contribution in [2.45, 2.75) is 26.9 Å². The summed E-state index contributed by atoms with van der Waals surface area (Å²) in [7, 11) is 0. The van der Waals surface area contributed by atoms with Crippen molar-refractivity contribution in [1.82, 2.24) is 15.5 Å². The molecule has 0 saturated carbocycles. The van der Waals surface area contributed by atoms with E-state index in [1.54, 1.807) is 6.26 Å². The van der Waals surface area contributed by atoms with Crippen LogP contribution in [0.25, 0.3) is 0 Å². The molecule has 2 N–H and O–H groups in total. The average Bonchev–Trinajstić information content (AvgIpc) is 3.04. The highest BCUT2D eigenvalue weighted by Gasteiger charge is 2.14. The standard InChI is InChI=1S/C14H19N3O3/c1-10-13(11(2)17-16-10)14(18)15-6-4-7-19-9-12-5-3-8-20-12/h3,5,8H,4,6-7,9H2,1-2H3,(H,15,18)(H,16,17). The van der Waals surface area contributed by atoms with E-state index < -0.39 is 0 Å². The molecule has 1 amide bonds. The van der Waals surface area contributed by atoms with E-state index in [0.29, 0.717) is 31.0 Å². The number of furan rings is 1. The average molecular weight is 277 g/mol. The number of ether oxygens (including phenoxy) is 1. The maximum Gasteiger partial charge on any atom is 0.255 e. The zero-order valence-electron chi connectivity index (χ0n) is 11.7. The Labute approximate surface area is 117 Å². The highest BCUT2D eigenvalue weighted by Crippen LogP contribution is 2.08. The molecule has 0 saturated heterocycles. The molecule has 0 radical (unpaired) electrons. The van der Waals surface area contributed by atoms with Crippen molar-refractivity contribution in [2.24, 2.45) is 0 Å². The maximum absolute atomic E-state index is 11.9. The largest absolute Gasteiger partial charge is 0.467 e. The van der Waals surface area contributed by atoms with Crippen LogP contribution in [0.2, 0.25) is 0 Å². The molecule has 0 bridgehead atoms. The molecule has 0 spiro atoms. The second kappa shape index (κ2) is 6.91. The Hall–Kier alpha value is -2.08. The Bertz CT molecular complexity index is 527. The van der Waals surface area contributed by atoms with E-state index in [1.165, 1.54) is 0 Å². The smallest absolute Gasteiger partial charge is 0.255 e. The van der Waals surface area contributed by atoms with Crippen LogP contribution >= 0.6 is 0 Å². The summed E-state index contributed by atoms with van der Waals surface area (Å²) in [5.74, 6) is 0.707. The van der Waals surface area contributed by atoms with Crippen LogP contribution < -0.4 is 5.32 Å². The monoisotopic (exact) mass is 277 g/mol. The first-order valence-electron chi connectivity index (χ1n) is 6.58. The van der Waals surface area contributed by atoms with E-state index in [-0.39, 0.29) is 5.91 Å². The third-order valence-electron chi connectivity index (χ3n) is 2.93. The molecular weight excluding hydrogens is 258 g/mol. The zero-order chi connectivity index (χ0) is 14.4. The summed E-state index contributed by atoms with van der Waals surface area (Å²) < 4.78 is 10.6. The lowest BCUT2D eigenvalue weighted by molar-refractivity contribution is 0.0916. The third-order valence-corrected chi connectivity index (χ3v) is 2.93. The van der Waals surface area contributed by atoms with Crippen LogP contribution in [0.5, 0.6) is 0 Å². The quantitative estimate of drug-likeness (QED) is 0.758. The van der Waals surface area contributed by atoms with Crippen molar-refractivity contribution >= 4 is 5.91 Å². The number of carbonyl (C=O) groups is 1. The fourth-order valence-corrected chi connectivity index (χ4v) is 1.92. The Balaban J connectivity index is 1.62. The topological polar surface area (TPSA) is 80.2 Å². The van der Waals surface area contributed by atoms with Crippen LogP contribution in [-0.2, 0) is 11.3 Å². The van der Waals surface area contributed by atoms with Gasteiger partial charge in [0.1, 0.15) is 12.4 Å². The fraction of sp³-hybridized carbons (Fsp3) is 0.429. The predicted octanol–water partition coefficient (Wildman–Crippen LogP) is 1.96. The molecule has 2 aromatic rings. The van der Waals surface area contributed by atoms with E-state index in [2.05, 4.69) is 15.5 Å². The van der Waals surface area contributed by atoms with E-state index >= 15 is 0 Å². The number of aromatic amines is 1. The number of carbonyl (C=O) groups excluding carboxylic acids is 1. The van der Waals surface area contributed by atoms with Crippen LogP contribution in [0.3, 0.4) is 0 Å². The van der Waals surface area contributed by atoms with Gasteiger partial charge in [-0.15, -0.1) is 0 Å². The van der Waals surface area contributed by atoms with E-state index in [1.807, 2.05) is 26.0 Å². The van der Waals surface area contributed by atoms with Crippen molar-refractivity contribution in [2.75, 3.05) is 13.2 Å². The third kappa shape index (κ3) is 3.71. The minimum Gasteiger partial charge on any atom is -0.467 e. The predicted molar refractivity (Wildman–Crippen MR) is 73.4 cm³/mol. The first kappa shape index (κ1) is 14.3. The molecule has 108 valence electrons. The highest BCUT2D eigenvalue weighted by atomic mass is 16.5. The molecule has 6 nitrogen and oxygen atoms in total. The van der Waals surface area contributed by atoms with Crippen molar-refractivity contribution < 1.29 is 13.9 Å². The highest BCUT2D eigenvalue weighted by molar-refractivity contribution is 5.96. The summed E-state index contributed by atoms with van der Waals surface area (Å²) in [5, 5.41) is 9.66. The Morgan fingerprint density at radius 2 is 2.35 bits per heavy atom. The summed E-state index contributed by atoms with van der Waals surface area (Å²) in [4.78, 5) is 11.9. The number of H-pyrrole nitrogens is 1. The Morgan fingerprint density at radius 3 is 3.00 bits per heavy atom. The van der Waals surface area contributed by atoms with Crippen molar-refractivity contribution in [3.63, 3.8) is 0 Å². The van der Waals surface area contributed by atoms with Gasteiger partial charge in [-0.2, -0.15) is 5.10 Å². The van der Waals surface area contributed by atoms with E-state index in [4.69, 9.17) is 9.15 Å². The molecule has 0 aromatic carbocycles. The van der Waals surface area contributed by atoms with Gasteiger partial charge in [0.05, 0.1) is 17.5 Å². The van der Waals surface area contributed by atoms with Crippen LogP contribution in [0.1, 0.15) is 33.9 Å². The van der Waals surface area contributed by atoms with Gasteiger partial charge in [0.25, 0.3) is 5.91 Å². The lowest BCUT2D eigenvalue weighted by Crippen LogP contribution is -2.26. The van der Waals surface area contributed by atoms with Gasteiger partial charge in [0.15, 0.2) is 0 Å². The number of amides is 1. The minimum atomic E-state index is -0.0974. The summed E-state index contributed by atoms with van der Waals surface area (Å²) >= 11 is 0. The van der Waals surface area contributed by atoms with Gasteiger partial charge in [0, 0.05) is 18.8 Å². The summed E-state index contributed by atoms with van der Waals surface area (Å²) in [6.07, 6.45) is 2.37. The first-order chi connectivity index (χ1) is 9.68. The molecule has 2 rings (SSSR count). The number of aromatic nitrogens is 2. The normalized spacial score (nSPS) is 10.7. The molecule has 0 aliphatic rings. The zero-order valence-corrected chi connectivity index (χ0v) is 11.7. The first-order valence-corrected chi connectivity index (χ1v) is 6.58. The summed E-state index contributed by atoms with van der Waals surface area (Å²) in [6.45, 7) is 5.25. The summed E-state index contributed by atoms with van der Waals surface area (Å²) in [5.41, 5.74) is 2.13. The molecule has 0 aliphatic carbocycles. The van der Waals surface area contributed by atoms with Crippen molar-refractivity contribution in [3.05, 3.63) is 41.1 Å². The molecular formula is C14H19N3O3. The minimum absolute atomic E-state index is 0.0974. The van der Waals surface area contributed by atoms with Gasteiger partial charge in [-0.3, -0.25) is 9.89 Å². The van der Waals surface area contributed by atoms with Crippen molar-refractivity contribution in [1.29, 1.82) is 0 Å². The summed E-state index contributed by atoms with van der Waals surface area (Å²) in [6, 6.07) is 3.70. The van der Waals surface area contributed by atoms with Gasteiger partial charge in [-0.05, 0) is 32.4 Å². The van der Waals surface area contributed by atoms with Gasteiger partial charge in [-0.25, -0.2) is 0 Å². The lowest BCUT2D eigenvalue weighted by Gasteiger charge is -2.05. The van der Waals surface area contributed by atoms with Gasteiger partial charge in [0.2, 0.25) is 0 Å². The molecule has 0 fully saturated rings. The van der Waals surface area contributed by atoms with E-state index in [0.717, 1.165) is 17.9 Å². The van der Waals surface area contributed by atoms with E-state index in [9.17, 15) is 4.79 Å². The van der Waals surface area contributed by atoms with Crippen LogP contribution in [0.4, 0.5) is 0 Å². The van der Waals surface area contributed by atoms with Gasteiger partial charge < -0.3 is 14.5 Å². The molecule has 20 heavy (non-hydrogen) atoms. The molecule has 6 heteroatoms. The van der Waals surface area contributed by atoms with Crippen molar-refractivity contribution in [3.8, 4) is 0 Å². The number of hydrogen-bond acceptors (Lipinski definition) is 4. The number of rotatable bonds is 7. The molecule has 2 aromatic heterocycles. The number of nitrogens with one attached hydrogen (secondary N) is 2. The molecule has 0 atom stereocenters. The van der Waals surface area contributed by atoms with Crippen LogP contribution in [0, 0.1) is 13.8 Å². The Kier molecular flexibility index (Phi) is 4.95. The van der Waals surface area contributed by atoms with Crippen LogP contribution in [-0.4, -0.2) is 29.3 Å². The van der Waals surface area contributed by atoms with Gasteiger partial charge in [-0.1, -0.05) is 0 Å². The SMILES string of the molecule is Cc1n[nH]c(C)c1C(=O)NCCCOCc1ccco1. The fourth-order valence-electron chi connectivity index (χ4n) is 1.92. The second-order valence-corrected chi connectivity index (χ2v) is 4.55. The lowest BCUT2D eigenvalue weighted by atomic mass is 10.2.